The first kappa shape index (κ1) is 20.4. The summed E-state index contributed by atoms with van der Waals surface area (Å²) < 4.78 is 16.0. The summed E-state index contributed by atoms with van der Waals surface area (Å²) in [5, 5.41) is 3.16. The molecule has 0 aliphatic carbocycles. The molecular weight excluding hydrogens is 344 g/mol. The molecule has 0 saturated carbocycles. The summed E-state index contributed by atoms with van der Waals surface area (Å²) in [6, 6.07) is 13.6. The van der Waals surface area contributed by atoms with E-state index in [0.717, 1.165) is 11.3 Å². The summed E-state index contributed by atoms with van der Waals surface area (Å²) in [6.07, 6.45) is 0. The predicted octanol–water partition coefficient (Wildman–Crippen LogP) is 3.56. The van der Waals surface area contributed by atoms with E-state index >= 15 is 0 Å². The van der Waals surface area contributed by atoms with Crippen LogP contribution in [0.1, 0.15) is 19.4 Å². The van der Waals surface area contributed by atoms with E-state index in [0.29, 0.717) is 23.8 Å². The van der Waals surface area contributed by atoms with Crippen LogP contribution in [-0.4, -0.2) is 44.7 Å². The van der Waals surface area contributed by atoms with Crippen molar-refractivity contribution < 1.29 is 19.0 Å². The normalized spacial score (nSPS) is 10.4. The molecule has 2 aromatic rings. The molecule has 6 heteroatoms. The van der Waals surface area contributed by atoms with Crippen LogP contribution in [0.5, 0.6) is 17.2 Å². The molecule has 0 heterocycles. The minimum atomic E-state index is 0.0163. The number of nitrogens with zero attached hydrogens (tertiary/aromatic N) is 1. The van der Waals surface area contributed by atoms with E-state index in [1.165, 1.54) is 0 Å². The Balaban J connectivity index is 2.10. The maximum absolute atomic E-state index is 12.8. The molecule has 0 radical (unpaired) electrons. The van der Waals surface area contributed by atoms with Crippen LogP contribution < -0.4 is 19.5 Å². The standard InChI is InChI=1S/C21H28N2O4/c1-15(2)23(14-16-9-7-6-8-10-16)20(24)13-22-17-11-18(25-3)21(27-5)19(12-17)26-4/h6-12,15,22H,13-14H2,1-5H3. The van der Waals surface area contributed by atoms with Crippen molar-refractivity contribution >= 4 is 11.6 Å². The molecule has 27 heavy (non-hydrogen) atoms. The van der Waals surface area contributed by atoms with E-state index in [-0.39, 0.29) is 18.5 Å². The molecule has 0 saturated heterocycles. The van der Waals surface area contributed by atoms with Gasteiger partial charge in [-0.3, -0.25) is 4.79 Å². The Kier molecular flexibility index (Phi) is 7.34. The summed E-state index contributed by atoms with van der Waals surface area (Å²) >= 11 is 0. The van der Waals surface area contributed by atoms with Gasteiger partial charge in [-0.05, 0) is 19.4 Å². The molecule has 2 aromatic carbocycles. The van der Waals surface area contributed by atoms with Crippen molar-refractivity contribution in [3.8, 4) is 17.2 Å². The molecular formula is C21H28N2O4. The van der Waals surface area contributed by atoms with Crippen molar-refractivity contribution in [2.45, 2.75) is 26.4 Å². The zero-order valence-corrected chi connectivity index (χ0v) is 16.6. The number of hydrogen-bond acceptors (Lipinski definition) is 5. The van der Waals surface area contributed by atoms with Crippen molar-refractivity contribution in [1.29, 1.82) is 0 Å². The molecule has 0 atom stereocenters. The fraction of sp³-hybridized carbons (Fsp3) is 0.381. The van der Waals surface area contributed by atoms with E-state index < -0.39 is 0 Å². The third-order valence-corrected chi connectivity index (χ3v) is 4.25. The number of methoxy groups -OCH3 is 3. The zero-order chi connectivity index (χ0) is 19.8. The molecule has 0 aliphatic rings. The van der Waals surface area contributed by atoms with Gasteiger partial charge in [-0.25, -0.2) is 0 Å². The van der Waals surface area contributed by atoms with Crippen LogP contribution in [0.2, 0.25) is 0 Å². The van der Waals surface area contributed by atoms with Crippen molar-refractivity contribution in [2.24, 2.45) is 0 Å². The molecule has 2 rings (SSSR count). The second kappa shape index (κ2) is 9.71. The van der Waals surface area contributed by atoms with Gasteiger partial charge in [0.15, 0.2) is 11.5 Å². The minimum Gasteiger partial charge on any atom is -0.493 e. The number of rotatable bonds is 9. The first-order valence-electron chi connectivity index (χ1n) is 8.87. The second-order valence-electron chi connectivity index (χ2n) is 6.37. The molecule has 0 unspecified atom stereocenters. The van der Waals surface area contributed by atoms with Crippen LogP contribution in [0.15, 0.2) is 42.5 Å². The van der Waals surface area contributed by atoms with Gasteiger partial charge in [0.2, 0.25) is 11.7 Å². The molecule has 0 aliphatic heterocycles. The van der Waals surface area contributed by atoms with E-state index in [2.05, 4.69) is 5.32 Å². The monoisotopic (exact) mass is 372 g/mol. The summed E-state index contributed by atoms with van der Waals surface area (Å²) in [7, 11) is 4.68. The van der Waals surface area contributed by atoms with Crippen LogP contribution in [0.4, 0.5) is 5.69 Å². The Hall–Kier alpha value is -2.89. The lowest BCUT2D eigenvalue weighted by atomic mass is 10.2. The van der Waals surface area contributed by atoms with E-state index in [4.69, 9.17) is 14.2 Å². The third kappa shape index (κ3) is 5.29. The summed E-state index contributed by atoms with van der Waals surface area (Å²) in [5.74, 6) is 1.61. The fourth-order valence-corrected chi connectivity index (χ4v) is 2.80. The highest BCUT2D eigenvalue weighted by molar-refractivity contribution is 5.81. The van der Waals surface area contributed by atoms with Crippen molar-refractivity contribution in [3.63, 3.8) is 0 Å². The van der Waals surface area contributed by atoms with Crippen molar-refractivity contribution in [3.05, 3.63) is 48.0 Å². The summed E-state index contributed by atoms with van der Waals surface area (Å²) in [6.45, 7) is 4.78. The van der Waals surface area contributed by atoms with Gasteiger partial charge in [0.1, 0.15) is 0 Å². The number of nitrogens with one attached hydrogen (secondary N) is 1. The number of carbonyl (C=O) groups excluding carboxylic acids is 1. The highest BCUT2D eigenvalue weighted by atomic mass is 16.5. The fourth-order valence-electron chi connectivity index (χ4n) is 2.80. The Morgan fingerprint density at radius 3 is 2.07 bits per heavy atom. The van der Waals surface area contributed by atoms with E-state index in [1.807, 2.05) is 49.1 Å². The van der Waals surface area contributed by atoms with Gasteiger partial charge in [-0.1, -0.05) is 30.3 Å². The molecule has 6 nitrogen and oxygen atoms in total. The quantitative estimate of drug-likeness (QED) is 0.729. The predicted molar refractivity (Wildman–Crippen MR) is 107 cm³/mol. The summed E-state index contributed by atoms with van der Waals surface area (Å²) in [4.78, 5) is 14.6. The molecule has 0 fully saturated rings. The zero-order valence-electron chi connectivity index (χ0n) is 16.6. The SMILES string of the molecule is COc1cc(NCC(=O)N(Cc2ccccc2)C(C)C)cc(OC)c1OC. The molecule has 0 aromatic heterocycles. The Morgan fingerprint density at radius 2 is 1.59 bits per heavy atom. The minimum absolute atomic E-state index is 0.0163. The number of amides is 1. The number of ether oxygens (including phenoxy) is 3. The second-order valence-corrected chi connectivity index (χ2v) is 6.37. The number of hydrogen-bond donors (Lipinski definition) is 1. The number of carbonyl (C=O) groups is 1. The van der Waals surface area contributed by atoms with Crippen molar-refractivity contribution in [1.82, 2.24) is 4.90 Å². The summed E-state index contributed by atoms with van der Waals surface area (Å²) in [5.41, 5.74) is 1.83. The van der Waals surface area contributed by atoms with Gasteiger partial charge in [0.05, 0.1) is 27.9 Å². The Bertz CT molecular complexity index is 722. The van der Waals surface area contributed by atoms with Crippen LogP contribution in [0, 0.1) is 0 Å². The highest BCUT2D eigenvalue weighted by Crippen LogP contribution is 2.39. The van der Waals surface area contributed by atoms with Crippen LogP contribution in [0.3, 0.4) is 0 Å². The van der Waals surface area contributed by atoms with Crippen LogP contribution >= 0.6 is 0 Å². The van der Waals surface area contributed by atoms with E-state index in [1.54, 1.807) is 33.5 Å². The maximum atomic E-state index is 12.8. The Labute approximate surface area is 161 Å². The Morgan fingerprint density at radius 1 is 1.00 bits per heavy atom. The molecule has 0 spiro atoms. The average molecular weight is 372 g/mol. The third-order valence-electron chi connectivity index (χ3n) is 4.25. The largest absolute Gasteiger partial charge is 0.493 e. The van der Waals surface area contributed by atoms with Gasteiger partial charge in [-0.2, -0.15) is 0 Å². The smallest absolute Gasteiger partial charge is 0.242 e. The van der Waals surface area contributed by atoms with Gasteiger partial charge in [0, 0.05) is 30.4 Å². The van der Waals surface area contributed by atoms with Crippen LogP contribution in [0.25, 0.3) is 0 Å². The number of anilines is 1. The molecule has 1 N–H and O–H groups in total. The first-order valence-corrected chi connectivity index (χ1v) is 8.87. The van der Waals surface area contributed by atoms with Crippen molar-refractivity contribution in [2.75, 3.05) is 33.2 Å². The van der Waals surface area contributed by atoms with Gasteiger partial charge in [-0.15, -0.1) is 0 Å². The lowest BCUT2D eigenvalue weighted by Gasteiger charge is -2.27. The maximum Gasteiger partial charge on any atom is 0.242 e. The molecule has 0 bridgehead atoms. The highest BCUT2D eigenvalue weighted by Gasteiger charge is 2.18. The lowest BCUT2D eigenvalue weighted by molar-refractivity contribution is -0.131. The lowest BCUT2D eigenvalue weighted by Crippen LogP contribution is -2.39. The van der Waals surface area contributed by atoms with Gasteiger partial charge < -0.3 is 24.4 Å². The topological polar surface area (TPSA) is 60.0 Å². The number of benzene rings is 2. The first-order chi connectivity index (χ1) is 13.0. The van der Waals surface area contributed by atoms with Crippen LogP contribution in [-0.2, 0) is 11.3 Å². The van der Waals surface area contributed by atoms with Gasteiger partial charge in [0.25, 0.3) is 0 Å². The van der Waals surface area contributed by atoms with Gasteiger partial charge >= 0.3 is 0 Å². The molecule has 146 valence electrons. The molecule has 1 amide bonds. The van der Waals surface area contributed by atoms with E-state index in [9.17, 15) is 4.79 Å². The average Bonchev–Trinajstić information content (AvgIpc) is 2.69.